The average Bonchev–Trinajstić information content (AvgIpc) is 2.65. The Bertz CT molecular complexity index is 410. The van der Waals surface area contributed by atoms with E-state index in [2.05, 4.69) is 9.97 Å². The largest absolute Gasteiger partial charge is 0.382 e. The zero-order chi connectivity index (χ0) is 9.97. The van der Waals surface area contributed by atoms with Gasteiger partial charge in [0.1, 0.15) is 6.10 Å². The minimum atomic E-state index is -0.656. The van der Waals surface area contributed by atoms with Gasteiger partial charge in [-0.15, -0.1) is 0 Å². The van der Waals surface area contributed by atoms with Crippen molar-refractivity contribution < 1.29 is 5.11 Å². The Morgan fingerprint density at radius 2 is 2.21 bits per heavy atom. The predicted molar refractivity (Wildman–Crippen MR) is 51.5 cm³/mol. The van der Waals surface area contributed by atoms with Crippen LogP contribution in [0.25, 0.3) is 0 Å². The number of aliphatic hydroxyl groups is 1. The van der Waals surface area contributed by atoms with E-state index >= 15 is 0 Å². The Labute approximate surface area is 81.9 Å². The van der Waals surface area contributed by atoms with Crippen molar-refractivity contribution in [3.63, 3.8) is 0 Å². The van der Waals surface area contributed by atoms with Gasteiger partial charge in [-0.1, -0.05) is 6.07 Å². The molecule has 0 saturated heterocycles. The van der Waals surface area contributed by atoms with E-state index in [1.54, 1.807) is 35.6 Å². The first-order valence-corrected chi connectivity index (χ1v) is 4.33. The fourth-order valence-electron chi connectivity index (χ4n) is 1.34. The molecule has 72 valence electrons. The van der Waals surface area contributed by atoms with Crippen LogP contribution in [0.2, 0.25) is 0 Å². The lowest BCUT2D eigenvalue weighted by Gasteiger charge is -2.10. The third-order valence-corrected chi connectivity index (χ3v) is 2.13. The fourth-order valence-corrected chi connectivity index (χ4v) is 1.34. The molecule has 1 N–H and O–H groups in total. The fraction of sp³-hybridized carbons (Fsp3) is 0.200. The first-order chi connectivity index (χ1) is 6.79. The number of hydrogen-bond acceptors (Lipinski definition) is 3. The van der Waals surface area contributed by atoms with E-state index in [9.17, 15) is 5.11 Å². The molecule has 1 unspecified atom stereocenters. The highest BCUT2D eigenvalue weighted by Gasteiger charge is 2.13. The van der Waals surface area contributed by atoms with Crippen molar-refractivity contribution in [3.8, 4) is 0 Å². The Morgan fingerprint density at radius 3 is 2.79 bits per heavy atom. The van der Waals surface area contributed by atoms with Crippen LogP contribution >= 0.6 is 0 Å². The number of pyridine rings is 1. The standard InChI is InChI=1S/C10H11N3O/c1-13-7-12-6-9(13)10(14)8-3-2-4-11-5-8/h2-7,10,14H,1H3. The molecule has 2 rings (SSSR count). The van der Waals surface area contributed by atoms with Crippen molar-refractivity contribution in [2.24, 2.45) is 7.05 Å². The Kier molecular flexibility index (Phi) is 2.28. The number of aryl methyl sites for hydroxylation is 1. The number of imidazole rings is 1. The molecule has 0 aromatic carbocycles. The quantitative estimate of drug-likeness (QED) is 0.763. The highest BCUT2D eigenvalue weighted by atomic mass is 16.3. The van der Waals surface area contributed by atoms with Crippen LogP contribution in [-0.4, -0.2) is 19.6 Å². The van der Waals surface area contributed by atoms with Crippen LogP contribution in [0.15, 0.2) is 37.1 Å². The monoisotopic (exact) mass is 189 g/mol. The first-order valence-electron chi connectivity index (χ1n) is 4.33. The summed E-state index contributed by atoms with van der Waals surface area (Å²) in [5.74, 6) is 0. The lowest BCUT2D eigenvalue weighted by atomic mass is 10.1. The maximum absolute atomic E-state index is 9.96. The summed E-state index contributed by atoms with van der Waals surface area (Å²) in [6.07, 6.45) is 5.99. The van der Waals surface area contributed by atoms with Gasteiger partial charge in [-0.05, 0) is 6.07 Å². The van der Waals surface area contributed by atoms with E-state index in [1.807, 2.05) is 13.1 Å². The molecule has 0 radical (unpaired) electrons. The molecule has 4 heteroatoms. The van der Waals surface area contributed by atoms with Crippen LogP contribution < -0.4 is 0 Å². The summed E-state index contributed by atoms with van der Waals surface area (Å²) in [6.45, 7) is 0. The van der Waals surface area contributed by atoms with Crippen LogP contribution in [-0.2, 0) is 7.05 Å². The molecule has 4 nitrogen and oxygen atoms in total. The van der Waals surface area contributed by atoms with E-state index in [-0.39, 0.29) is 0 Å². The summed E-state index contributed by atoms with van der Waals surface area (Å²) in [5.41, 5.74) is 1.54. The Hall–Kier alpha value is -1.68. The second-order valence-corrected chi connectivity index (χ2v) is 3.12. The summed E-state index contributed by atoms with van der Waals surface area (Å²) < 4.78 is 1.79. The first kappa shape index (κ1) is 8.90. The Morgan fingerprint density at radius 1 is 1.36 bits per heavy atom. The van der Waals surface area contributed by atoms with Crippen molar-refractivity contribution in [2.75, 3.05) is 0 Å². The van der Waals surface area contributed by atoms with Crippen molar-refractivity contribution in [1.29, 1.82) is 0 Å². The van der Waals surface area contributed by atoms with E-state index < -0.39 is 6.10 Å². The molecule has 2 heterocycles. The van der Waals surface area contributed by atoms with Crippen molar-refractivity contribution >= 4 is 0 Å². The summed E-state index contributed by atoms with van der Waals surface area (Å²) in [7, 11) is 1.85. The average molecular weight is 189 g/mol. The number of nitrogens with zero attached hydrogens (tertiary/aromatic N) is 3. The maximum atomic E-state index is 9.96. The van der Waals surface area contributed by atoms with Crippen molar-refractivity contribution in [3.05, 3.63) is 48.3 Å². The third kappa shape index (κ3) is 1.52. The number of aromatic nitrogens is 3. The van der Waals surface area contributed by atoms with Gasteiger partial charge in [0.2, 0.25) is 0 Å². The molecule has 0 spiro atoms. The lowest BCUT2D eigenvalue weighted by molar-refractivity contribution is 0.211. The number of hydrogen-bond donors (Lipinski definition) is 1. The van der Waals surface area contributed by atoms with Gasteiger partial charge < -0.3 is 9.67 Å². The van der Waals surface area contributed by atoms with Gasteiger partial charge in [0.05, 0.1) is 18.2 Å². The lowest BCUT2D eigenvalue weighted by Crippen LogP contribution is -2.05. The molecule has 0 saturated carbocycles. The summed E-state index contributed by atoms with van der Waals surface area (Å²) in [6, 6.07) is 3.64. The van der Waals surface area contributed by atoms with E-state index in [1.165, 1.54) is 0 Å². The van der Waals surface area contributed by atoms with Crippen LogP contribution in [0, 0.1) is 0 Å². The smallest absolute Gasteiger partial charge is 0.122 e. The van der Waals surface area contributed by atoms with Gasteiger partial charge in [-0.3, -0.25) is 4.98 Å². The van der Waals surface area contributed by atoms with E-state index in [0.717, 1.165) is 11.3 Å². The minimum Gasteiger partial charge on any atom is -0.382 e. The van der Waals surface area contributed by atoms with Gasteiger partial charge in [-0.2, -0.15) is 0 Å². The molecule has 0 aliphatic rings. The number of aliphatic hydroxyl groups excluding tert-OH is 1. The summed E-state index contributed by atoms with van der Waals surface area (Å²) in [5, 5.41) is 9.96. The molecular weight excluding hydrogens is 178 g/mol. The molecule has 2 aromatic heterocycles. The molecular formula is C10H11N3O. The zero-order valence-electron chi connectivity index (χ0n) is 7.83. The van der Waals surface area contributed by atoms with Crippen molar-refractivity contribution in [2.45, 2.75) is 6.10 Å². The van der Waals surface area contributed by atoms with Gasteiger partial charge in [0.25, 0.3) is 0 Å². The highest BCUT2D eigenvalue weighted by Crippen LogP contribution is 2.19. The zero-order valence-corrected chi connectivity index (χ0v) is 7.83. The van der Waals surface area contributed by atoms with Crippen LogP contribution in [0.3, 0.4) is 0 Å². The second-order valence-electron chi connectivity index (χ2n) is 3.12. The molecule has 14 heavy (non-hydrogen) atoms. The van der Waals surface area contributed by atoms with Crippen LogP contribution in [0.1, 0.15) is 17.4 Å². The van der Waals surface area contributed by atoms with Gasteiger partial charge in [0, 0.05) is 25.0 Å². The SMILES string of the molecule is Cn1cncc1C(O)c1cccnc1. The van der Waals surface area contributed by atoms with Crippen LogP contribution in [0.4, 0.5) is 0 Å². The molecule has 0 bridgehead atoms. The molecule has 2 aromatic rings. The third-order valence-electron chi connectivity index (χ3n) is 2.13. The van der Waals surface area contributed by atoms with Gasteiger partial charge in [-0.25, -0.2) is 4.98 Å². The molecule has 0 aliphatic heterocycles. The normalized spacial score (nSPS) is 12.7. The van der Waals surface area contributed by atoms with Crippen molar-refractivity contribution in [1.82, 2.24) is 14.5 Å². The molecule has 0 aliphatic carbocycles. The van der Waals surface area contributed by atoms with Gasteiger partial charge >= 0.3 is 0 Å². The van der Waals surface area contributed by atoms with Crippen LogP contribution in [0.5, 0.6) is 0 Å². The predicted octanol–water partition coefficient (Wildman–Crippen LogP) is 0.897. The summed E-state index contributed by atoms with van der Waals surface area (Å²) >= 11 is 0. The maximum Gasteiger partial charge on any atom is 0.122 e. The topological polar surface area (TPSA) is 50.9 Å². The highest BCUT2D eigenvalue weighted by molar-refractivity contribution is 5.21. The molecule has 1 atom stereocenters. The summed E-state index contributed by atoms with van der Waals surface area (Å²) in [4.78, 5) is 7.91. The molecule has 0 amide bonds. The minimum absolute atomic E-state index is 0.656. The number of rotatable bonds is 2. The Balaban J connectivity index is 2.34. The molecule has 0 fully saturated rings. The van der Waals surface area contributed by atoms with E-state index in [0.29, 0.717) is 0 Å². The second kappa shape index (κ2) is 3.59. The van der Waals surface area contributed by atoms with E-state index in [4.69, 9.17) is 0 Å². The van der Waals surface area contributed by atoms with Gasteiger partial charge in [0.15, 0.2) is 0 Å².